The molecule has 1 aromatic rings. The fraction of sp³-hybridized carbons (Fsp3) is 0.278. The van der Waals surface area contributed by atoms with Crippen LogP contribution in [0.3, 0.4) is 0 Å². The van der Waals surface area contributed by atoms with Crippen LogP contribution < -0.4 is 4.74 Å². The van der Waals surface area contributed by atoms with Crippen LogP contribution in [0, 0.1) is 16.3 Å². The van der Waals surface area contributed by atoms with E-state index in [-0.39, 0.29) is 18.8 Å². The van der Waals surface area contributed by atoms with Gasteiger partial charge in [-0.3, -0.25) is 4.79 Å². The molecule has 122 valence electrons. The summed E-state index contributed by atoms with van der Waals surface area (Å²) in [6.45, 7) is 2.79. The van der Waals surface area contributed by atoms with Gasteiger partial charge in [0.25, 0.3) is 0 Å². The topological polar surface area (TPSA) is 55.8 Å². The highest BCUT2D eigenvalue weighted by atomic mass is 19.1. The molecule has 5 heteroatoms. The summed E-state index contributed by atoms with van der Waals surface area (Å²) in [6, 6.07) is 13.8. The van der Waals surface area contributed by atoms with Crippen LogP contribution in [0.2, 0.25) is 0 Å². The average molecular weight is 318 g/mol. The second kappa shape index (κ2) is 7.24. The van der Waals surface area contributed by atoms with Gasteiger partial charge < -0.3 is 14.6 Å². The van der Waals surface area contributed by atoms with E-state index in [4.69, 9.17) is 9.47 Å². The molecule has 0 amide bonds. The van der Waals surface area contributed by atoms with Gasteiger partial charge in [0.05, 0.1) is 6.61 Å². The fourth-order valence-electron chi connectivity index (χ4n) is 1.85. The molecule has 0 bridgehead atoms. The van der Waals surface area contributed by atoms with Gasteiger partial charge in [0, 0.05) is 20.3 Å². The lowest BCUT2D eigenvalue weighted by Crippen LogP contribution is -2.33. The number of hydrogen-bond acceptors (Lipinski definition) is 4. The lowest BCUT2D eigenvalue weighted by Gasteiger charge is -2.24. The van der Waals surface area contributed by atoms with E-state index in [0.717, 1.165) is 0 Å². The molecule has 0 aromatic heterocycles. The maximum atomic E-state index is 12.6. The molecular weight excluding hydrogens is 299 g/mol. The largest absolute Gasteiger partial charge is 0.466 e. The summed E-state index contributed by atoms with van der Waals surface area (Å²) in [4.78, 5) is 10.5. The van der Waals surface area contributed by atoms with E-state index in [9.17, 15) is 14.3 Å². The summed E-state index contributed by atoms with van der Waals surface area (Å²) in [5.74, 6) is -1.91. The van der Waals surface area contributed by atoms with Crippen LogP contribution >= 0.6 is 0 Å². The average Bonchev–Trinajstić information content (AvgIpc) is 2.45. The third-order valence-corrected chi connectivity index (χ3v) is 3.24. The maximum Gasteiger partial charge on any atom is 0.302 e. The monoisotopic (exact) mass is 318 g/mol. The summed E-state index contributed by atoms with van der Waals surface area (Å²) < 4.78 is 22.6. The summed E-state index contributed by atoms with van der Waals surface area (Å²) in [5, 5.41) is 12.7. The van der Waals surface area contributed by atoms with Gasteiger partial charge in [-0.05, 0) is 34.7 Å². The van der Waals surface area contributed by atoms with Gasteiger partial charge in [0.1, 0.15) is 11.6 Å². The summed E-state index contributed by atoms with van der Waals surface area (Å²) in [7, 11) is 0. The highest BCUT2D eigenvalue weighted by Gasteiger charge is 2.22. The standard InChI is InChI=1S/C12H15FO4.C6H4/c1-9(14)16-8-7-12(2,15)17-11-5-3-10(13)4-6-11;1-2-6-4-3-5(1)6/h3-6,15H,7-8H2,1-2H3;1-4H. The Hall–Kier alpha value is -2.40. The van der Waals surface area contributed by atoms with E-state index in [1.54, 1.807) is 0 Å². The zero-order valence-electron chi connectivity index (χ0n) is 13.1. The molecule has 23 heavy (non-hydrogen) atoms. The molecule has 0 fully saturated rings. The highest BCUT2D eigenvalue weighted by Crippen LogP contribution is 2.19. The summed E-state index contributed by atoms with van der Waals surface area (Å²) in [6.07, 6.45) is 0.129. The van der Waals surface area contributed by atoms with Crippen LogP contribution in [0.4, 0.5) is 4.39 Å². The Balaban J connectivity index is 0.000000260. The van der Waals surface area contributed by atoms with E-state index in [0.29, 0.717) is 5.75 Å². The third-order valence-electron chi connectivity index (χ3n) is 3.24. The summed E-state index contributed by atoms with van der Waals surface area (Å²) >= 11 is 0. The predicted octanol–water partition coefficient (Wildman–Crippen LogP) is 3.15. The second-order valence-corrected chi connectivity index (χ2v) is 5.40. The Morgan fingerprint density at radius 1 is 1.09 bits per heavy atom. The van der Waals surface area contributed by atoms with Crippen molar-refractivity contribution in [2.24, 2.45) is 0 Å². The normalized spacial score (nSPS) is 13.2. The van der Waals surface area contributed by atoms with Crippen molar-refractivity contribution < 1.29 is 23.8 Å². The predicted molar refractivity (Wildman–Crippen MR) is 83.0 cm³/mol. The molecule has 2 aliphatic carbocycles. The molecule has 0 saturated carbocycles. The van der Waals surface area contributed by atoms with Crippen LogP contribution in [0.15, 0.2) is 48.5 Å². The summed E-state index contributed by atoms with van der Waals surface area (Å²) in [5.41, 5.74) is 0. The van der Waals surface area contributed by atoms with Crippen LogP contribution in [-0.4, -0.2) is 23.5 Å². The number of halogens is 1. The Kier molecular flexibility index (Phi) is 5.34. The Morgan fingerprint density at radius 2 is 1.61 bits per heavy atom. The van der Waals surface area contributed by atoms with E-state index in [2.05, 4.69) is 24.3 Å². The molecule has 1 N–H and O–H groups in total. The van der Waals surface area contributed by atoms with Crippen molar-refractivity contribution >= 4 is 5.97 Å². The molecule has 1 aromatic carbocycles. The van der Waals surface area contributed by atoms with Gasteiger partial charge in [0.15, 0.2) is 0 Å². The fourth-order valence-corrected chi connectivity index (χ4v) is 1.85. The quantitative estimate of drug-likeness (QED) is 0.580. The third kappa shape index (κ3) is 5.38. The molecule has 4 nitrogen and oxygen atoms in total. The number of rotatable bonds is 5. The van der Waals surface area contributed by atoms with Gasteiger partial charge in [-0.15, -0.1) is 0 Å². The molecule has 3 rings (SSSR count). The molecule has 0 saturated heterocycles. The molecule has 0 heterocycles. The van der Waals surface area contributed by atoms with Crippen molar-refractivity contribution in [1.29, 1.82) is 0 Å². The van der Waals surface area contributed by atoms with Crippen LogP contribution in [0.1, 0.15) is 20.3 Å². The van der Waals surface area contributed by atoms with Crippen molar-refractivity contribution in [1.82, 2.24) is 0 Å². The lowest BCUT2D eigenvalue weighted by molar-refractivity contribution is -0.153. The minimum Gasteiger partial charge on any atom is -0.466 e. The number of carbonyl (C=O) groups excluding carboxylic acids is 1. The zero-order chi connectivity index (χ0) is 16.9. The number of hydrogen-bond donors (Lipinski definition) is 1. The van der Waals surface area contributed by atoms with E-state index >= 15 is 0 Å². The van der Waals surface area contributed by atoms with Crippen LogP contribution in [0.25, 0.3) is 0 Å². The maximum absolute atomic E-state index is 12.6. The van der Waals surface area contributed by atoms with Crippen molar-refractivity contribution in [2.75, 3.05) is 6.61 Å². The number of esters is 1. The zero-order valence-corrected chi connectivity index (χ0v) is 13.1. The van der Waals surface area contributed by atoms with Gasteiger partial charge in [-0.25, -0.2) is 4.39 Å². The molecule has 0 spiro atoms. The minimum atomic E-state index is -1.47. The molecule has 1 unspecified atom stereocenters. The number of benzene rings is 2. The minimum absolute atomic E-state index is 0.0591. The Morgan fingerprint density at radius 3 is 2.00 bits per heavy atom. The molecule has 2 aliphatic rings. The van der Waals surface area contributed by atoms with Crippen molar-refractivity contribution in [2.45, 2.75) is 26.1 Å². The molecule has 0 radical (unpaired) electrons. The van der Waals surface area contributed by atoms with E-state index < -0.39 is 11.8 Å². The second-order valence-electron chi connectivity index (χ2n) is 5.40. The number of carbonyl (C=O) groups is 1. The first-order chi connectivity index (χ1) is 10.9. The SMILES string of the molecule is CC(=O)OCCC(C)(O)Oc1ccc(F)cc1.c1cc2ccc1=2. The first-order valence-electron chi connectivity index (χ1n) is 7.26. The Labute approximate surface area is 133 Å². The first kappa shape index (κ1) is 17.0. The number of aliphatic hydroxyl groups is 1. The van der Waals surface area contributed by atoms with Gasteiger partial charge in [-0.1, -0.05) is 24.3 Å². The number of ether oxygens (including phenoxy) is 2. The Bertz CT molecular complexity index is 703. The van der Waals surface area contributed by atoms with Gasteiger partial charge in [-0.2, -0.15) is 0 Å². The van der Waals surface area contributed by atoms with Gasteiger partial charge in [0.2, 0.25) is 5.79 Å². The smallest absolute Gasteiger partial charge is 0.302 e. The van der Waals surface area contributed by atoms with E-state index in [1.165, 1.54) is 48.6 Å². The molecular formula is C18H19FO4. The lowest BCUT2D eigenvalue weighted by atomic mass is 10.1. The van der Waals surface area contributed by atoms with Crippen molar-refractivity contribution in [3.05, 3.63) is 64.8 Å². The van der Waals surface area contributed by atoms with Crippen LogP contribution in [-0.2, 0) is 9.53 Å². The van der Waals surface area contributed by atoms with Crippen molar-refractivity contribution in [3.63, 3.8) is 0 Å². The highest BCUT2D eigenvalue weighted by molar-refractivity contribution is 5.65. The van der Waals surface area contributed by atoms with Crippen molar-refractivity contribution in [3.8, 4) is 5.75 Å². The first-order valence-corrected chi connectivity index (χ1v) is 7.26. The molecule has 1 atom stereocenters. The molecule has 0 aliphatic heterocycles. The van der Waals surface area contributed by atoms with Gasteiger partial charge >= 0.3 is 5.97 Å². The van der Waals surface area contributed by atoms with E-state index in [1.807, 2.05) is 0 Å². The van der Waals surface area contributed by atoms with Crippen LogP contribution in [0.5, 0.6) is 5.75 Å².